The molecule has 1 aromatic heterocycles. The Hall–Kier alpha value is -1.77. The van der Waals surface area contributed by atoms with Crippen LogP contribution >= 0.6 is 23.4 Å². The van der Waals surface area contributed by atoms with Crippen molar-refractivity contribution in [3.05, 3.63) is 45.3 Å². The smallest absolute Gasteiger partial charge is 0.344 e. The van der Waals surface area contributed by atoms with E-state index in [1.807, 2.05) is 19.1 Å². The number of hydrogen-bond donors (Lipinski definition) is 2. The predicted octanol–water partition coefficient (Wildman–Crippen LogP) is 2.37. The number of carbonyl (C=O) groups is 1. The van der Waals surface area contributed by atoms with Crippen LogP contribution in [0.3, 0.4) is 0 Å². The van der Waals surface area contributed by atoms with Crippen LogP contribution in [-0.2, 0) is 16.1 Å². The quantitative estimate of drug-likeness (QED) is 0.701. The molecule has 0 spiro atoms. The van der Waals surface area contributed by atoms with E-state index in [1.54, 1.807) is 12.1 Å². The molecule has 1 saturated heterocycles. The van der Waals surface area contributed by atoms with Crippen LogP contribution in [0, 0.1) is 0 Å². The van der Waals surface area contributed by atoms with Gasteiger partial charge in [0.1, 0.15) is 0 Å². The Balaban J connectivity index is 1.54. The third kappa shape index (κ3) is 4.90. The van der Waals surface area contributed by atoms with Crippen LogP contribution in [0.25, 0.3) is 0 Å². The number of halogens is 1. The summed E-state index contributed by atoms with van der Waals surface area (Å²) < 4.78 is 7.11. The molecule has 2 atom stereocenters. The summed E-state index contributed by atoms with van der Waals surface area (Å²) in [6, 6.07) is 7.22. The molecule has 2 unspecified atom stereocenters. The molecular weight excluding hydrogens is 376 g/mol. The molecule has 2 N–H and O–H groups in total. The lowest BCUT2D eigenvalue weighted by Gasteiger charge is -2.14. The van der Waals surface area contributed by atoms with Gasteiger partial charge < -0.3 is 10.1 Å². The van der Waals surface area contributed by atoms with E-state index in [0.29, 0.717) is 16.7 Å². The van der Waals surface area contributed by atoms with E-state index >= 15 is 0 Å². The van der Waals surface area contributed by atoms with E-state index in [9.17, 15) is 9.59 Å². The van der Waals surface area contributed by atoms with Gasteiger partial charge in [-0.15, -0.1) is 5.10 Å². The Morgan fingerprint density at radius 3 is 2.96 bits per heavy atom. The maximum absolute atomic E-state index is 12.2. The van der Waals surface area contributed by atoms with Gasteiger partial charge in [0.2, 0.25) is 5.91 Å². The summed E-state index contributed by atoms with van der Waals surface area (Å²) in [5.74, 6) is 0.0462. The molecule has 0 aliphatic carbocycles. The van der Waals surface area contributed by atoms with Gasteiger partial charge in [0.25, 0.3) is 0 Å². The maximum Gasteiger partial charge on any atom is 0.344 e. The second-order valence-corrected chi connectivity index (χ2v) is 7.57. The largest absolute Gasteiger partial charge is 0.376 e. The van der Waals surface area contributed by atoms with Gasteiger partial charge in [-0.1, -0.05) is 35.5 Å². The molecule has 0 saturated carbocycles. The van der Waals surface area contributed by atoms with Gasteiger partial charge in [-0.3, -0.25) is 9.36 Å². The molecule has 1 aromatic carbocycles. The van der Waals surface area contributed by atoms with Crippen LogP contribution < -0.4 is 11.0 Å². The number of H-pyrrole nitrogens is 1. The summed E-state index contributed by atoms with van der Waals surface area (Å²) in [5.41, 5.74) is 0.695. The van der Waals surface area contributed by atoms with Crippen molar-refractivity contribution in [3.8, 4) is 0 Å². The third-order valence-electron chi connectivity index (χ3n) is 4.21. The van der Waals surface area contributed by atoms with Crippen molar-refractivity contribution >= 4 is 29.3 Å². The summed E-state index contributed by atoms with van der Waals surface area (Å²) in [5, 5.41) is 10.5. The van der Waals surface area contributed by atoms with Crippen molar-refractivity contribution < 1.29 is 9.53 Å². The van der Waals surface area contributed by atoms with E-state index in [1.165, 1.54) is 16.3 Å². The van der Waals surface area contributed by atoms with E-state index in [0.717, 1.165) is 25.0 Å². The Labute approximate surface area is 160 Å². The number of thioether (sulfide) groups is 1. The average molecular weight is 397 g/mol. The first kappa shape index (κ1) is 19.0. The second kappa shape index (κ2) is 8.75. The highest BCUT2D eigenvalue weighted by Gasteiger charge is 2.20. The highest BCUT2D eigenvalue weighted by atomic mass is 35.5. The van der Waals surface area contributed by atoms with Crippen LogP contribution in [-0.4, -0.2) is 39.1 Å². The topological polar surface area (TPSA) is 89.0 Å². The van der Waals surface area contributed by atoms with E-state index in [4.69, 9.17) is 16.3 Å². The number of amides is 1. The van der Waals surface area contributed by atoms with Crippen LogP contribution in [0.2, 0.25) is 5.02 Å². The van der Waals surface area contributed by atoms with Crippen molar-refractivity contribution in [3.63, 3.8) is 0 Å². The molecule has 1 amide bonds. The highest BCUT2D eigenvalue weighted by molar-refractivity contribution is 7.99. The van der Waals surface area contributed by atoms with Crippen LogP contribution in [0.4, 0.5) is 0 Å². The number of hydrogen-bond acceptors (Lipinski definition) is 5. The molecule has 1 aliphatic rings. The van der Waals surface area contributed by atoms with Crippen molar-refractivity contribution in [1.29, 1.82) is 0 Å². The first-order chi connectivity index (χ1) is 12.5. The van der Waals surface area contributed by atoms with Gasteiger partial charge in [-0.05, 0) is 37.5 Å². The Morgan fingerprint density at radius 2 is 2.27 bits per heavy atom. The molecule has 26 heavy (non-hydrogen) atoms. The predicted molar refractivity (Wildman–Crippen MR) is 101 cm³/mol. The normalized spacial score (nSPS) is 18.0. The fourth-order valence-corrected chi connectivity index (χ4v) is 3.71. The van der Waals surface area contributed by atoms with E-state index in [-0.39, 0.29) is 29.5 Å². The molecule has 2 aromatic rings. The average Bonchev–Trinajstić information content (AvgIpc) is 3.25. The summed E-state index contributed by atoms with van der Waals surface area (Å²) >= 11 is 7.11. The third-order valence-corrected chi connectivity index (χ3v) is 5.44. The van der Waals surface area contributed by atoms with Gasteiger partial charge >= 0.3 is 5.69 Å². The number of benzene rings is 1. The van der Waals surface area contributed by atoms with Gasteiger partial charge in [0, 0.05) is 11.6 Å². The van der Waals surface area contributed by atoms with Gasteiger partial charge in [0.05, 0.1) is 24.4 Å². The standard InChI is InChI=1S/C17H21ClN4O3S/c1-11(12-4-6-13(18)7-5-12)19-15(23)10-26-17-21-20-16(24)22(17)9-14-3-2-8-25-14/h4-7,11,14H,2-3,8-10H2,1H3,(H,19,23)(H,20,24). The summed E-state index contributed by atoms with van der Waals surface area (Å²) in [4.78, 5) is 24.1. The SMILES string of the molecule is CC(NC(=O)CSc1n[nH]c(=O)n1CC1CCCO1)c1ccc(Cl)cc1. The van der Waals surface area contributed by atoms with Gasteiger partial charge in [0.15, 0.2) is 5.16 Å². The monoisotopic (exact) mass is 396 g/mol. The minimum absolute atomic E-state index is 0.0309. The number of aromatic amines is 1. The molecule has 0 bridgehead atoms. The van der Waals surface area contributed by atoms with Crippen LogP contribution in [0.5, 0.6) is 0 Å². The van der Waals surface area contributed by atoms with Crippen molar-refractivity contribution in [2.24, 2.45) is 0 Å². The first-order valence-electron chi connectivity index (χ1n) is 8.47. The fourth-order valence-electron chi connectivity index (χ4n) is 2.81. The lowest BCUT2D eigenvalue weighted by molar-refractivity contribution is -0.119. The summed E-state index contributed by atoms with van der Waals surface area (Å²) in [7, 11) is 0. The molecular formula is C17H21ClN4O3S. The Kier molecular flexibility index (Phi) is 6.39. The van der Waals surface area contributed by atoms with Crippen LogP contribution in [0.15, 0.2) is 34.2 Å². The molecule has 1 fully saturated rings. The minimum atomic E-state index is -0.280. The number of carbonyl (C=O) groups excluding carboxylic acids is 1. The van der Waals surface area contributed by atoms with Crippen molar-refractivity contribution in [2.75, 3.05) is 12.4 Å². The van der Waals surface area contributed by atoms with Crippen molar-refractivity contribution in [1.82, 2.24) is 20.1 Å². The first-order valence-corrected chi connectivity index (χ1v) is 9.83. The Morgan fingerprint density at radius 1 is 1.50 bits per heavy atom. The van der Waals surface area contributed by atoms with Crippen molar-refractivity contribution in [2.45, 2.75) is 43.6 Å². The molecule has 140 valence electrons. The summed E-state index contributed by atoms with van der Waals surface area (Å²) in [6.45, 7) is 3.10. The molecule has 3 rings (SSSR count). The number of nitrogens with one attached hydrogen (secondary N) is 2. The molecule has 1 aliphatic heterocycles. The number of aromatic nitrogens is 3. The zero-order valence-electron chi connectivity index (χ0n) is 14.4. The maximum atomic E-state index is 12.2. The van der Waals surface area contributed by atoms with Crippen LogP contribution in [0.1, 0.15) is 31.4 Å². The lowest BCUT2D eigenvalue weighted by atomic mass is 10.1. The lowest BCUT2D eigenvalue weighted by Crippen LogP contribution is -2.29. The zero-order chi connectivity index (χ0) is 18.5. The number of rotatable bonds is 7. The Bertz CT molecular complexity index is 799. The second-order valence-electron chi connectivity index (χ2n) is 6.19. The number of nitrogens with zero attached hydrogens (tertiary/aromatic N) is 2. The molecule has 0 radical (unpaired) electrons. The zero-order valence-corrected chi connectivity index (χ0v) is 16.0. The van der Waals surface area contributed by atoms with Gasteiger partial charge in [-0.2, -0.15) is 0 Å². The molecule has 2 heterocycles. The van der Waals surface area contributed by atoms with E-state index in [2.05, 4.69) is 15.5 Å². The van der Waals surface area contributed by atoms with Gasteiger partial charge in [-0.25, -0.2) is 9.89 Å². The highest BCUT2D eigenvalue weighted by Crippen LogP contribution is 2.19. The fraction of sp³-hybridized carbons (Fsp3) is 0.471. The molecule has 7 nitrogen and oxygen atoms in total. The van der Waals surface area contributed by atoms with E-state index < -0.39 is 0 Å². The minimum Gasteiger partial charge on any atom is -0.376 e. The summed E-state index contributed by atoms with van der Waals surface area (Å²) in [6.07, 6.45) is 1.97. The molecule has 9 heteroatoms. The number of ether oxygens (including phenoxy) is 1.